The van der Waals surface area contributed by atoms with Gasteiger partial charge in [0.15, 0.2) is 0 Å². The first-order valence-electron chi connectivity index (χ1n) is 5.26. The molecule has 0 aliphatic rings. The van der Waals surface area contributed by atoms with Crippen LogP contribution in [0.5, 0.6) is 5.75 Å². The molecule has 0 saturated heterocycles. The van der Waals surface area contributed by atoms with Crippen molar-refractivity contribution in [3.8, 4) is 5.75 Å². The van der Waals surface area contributed by atoms with Gasteiger partial charge in [0, 0.05) is 14.9 Å². The Morgan fingerprint density at radius 1 is 1.35 bits per heavy atom. The molecule has 1 atom stereocenters. The largest absolute Gasteiger partial charge is 0.496 e. The van der Waals surface area contributed by atoms with Gasteiger partial charge >= 0.3 is 0 Å². The van der Waals surface area contributed by atoms with Crippen molar-refractivity contribution < 1.29 is 4.74 Å². The van der Waals surface area contributed by atoms with Gasteiger partial charge in [-0.15, -0.1) is 11.3 Å². The molecule has 1 aromatic carbocycles. The Bertz CT molecular complexity index is 524. The van der Waals surface area contributed by atoms with Crippen LogP contribution in [0, 0.1) is 6.92 Å². The molecule has 0 fully saturated rings. The molecule has 0 aliphatic carbocycles. The van der Waals surface area contributed by atoms with Crippen molar-refractivity contribution in [1.82, 2.24) is 0 Å². The fraction of sp³-hybridized carbons (Fsp3) is 0.231. The molecule has 90 valence electrons. The number of methoxy groups -OCH3 is 1. The molecule has 2 rings (SSSR count). The van der Waals surface area contributed by atoms with Crippen LogP contribution in [-0.2, 0) is 0 Å². The van der Waals surface area contributed by atoms with Crippen LogP contribution in [0.3, 0.4) is 0 Å². The first-order valence-corrected chi connectivity index (χ1v) is 6.93. The van der Waals surface area contributed by atoms with Gasteiger partial charge in [0.2, 0.25) is 0 Å². The smallest absolute Gasteiger partial charge is 0.125 e. The summed E-state index contributed by atoms with van der Waals surface area (Å²) in [5.74, 6) is 0.819. The zero-order valence-corrected chi connectivity index (χ0v) is 12.1. The van der Waals surface area contributed by atoms with Crippen LogP contribution in [0.4, 0.5) is 0 Å². The van der Waals surface area contributed by atoms with E-state index < -0.39 is 0 Å². The summed E-state index contributed by atoms with van der Waals surface area (Å²) in [6.45, 7) is 2.08. The highest BCUT2D eigenvalue weighted by atomic mass is 79.9. The summed E-state index contributed by atoms with van der Waals surface area (Å²) in [6.07, 6.45) is 0. The maximum Gasteiger partial charge on any atom is 0.125 e. The van der Waals surface area contributed by atoms with Crippen molar-refractivity contribution in [2.45, 2.75) is 13.0 Å². The second-order valence-electron chi connectivity index (χ2n) is 3.83. The molecule has 17 heavy (non-hydrogen) atoms. The van der Waals surface area contributed by atoms with Gasteiger partial charge in [-0.05, 0) is 36.1 Å². The molecular weight excluding hydrogens is 298 g/mol. The first kappa shape index (κ1) is 12.6. The van der Waals surface area contributed by atoms with E-state index in [4.69, 9.17) is 10.5 Å². The number of nitrogens with two attached hydrogens (primary N) is 1. The highest BCUT2D eigenvalue weighted by molar-refractivity contribution is 9.10. The Balaban J connectivity index is 2.44. The molecule has 0 aliphatic heterocycles. The van der Waals surface area contributed by atoms with Crippen LogP contribution in [-0.4, -0.2) is 7.11 Å². The summed E-state index contributed by atoms with van der Waals surface area (Å²) in [7, 11) is 1.67. The van der Waals surface area contributed by atoms with Gasteiger partial charge < -0.3 is 10.5 Å². The third-order valence-electron chi connectivity index (χ3n) is 2.71. The molecular formula is C13H14BrNOS. The van der Waals surface area contributed by atoms with E-state index in [0.717, 1.165) is 15.8 Å². The first-order chi connectivity index (χ1) is 8.13. The average Bonchev–Trinajstić information content (AvgIpc) is 2.74. The molecule has 2 N–H and O–H groups in total. The lowest BCUT2D eigenvalue weighted by molar-refractivity contribution is 0.407. The van der Waals surface area contributed by atoms with E-state index in [0.29, 0.717) is 0 Å². The van der Waals surface area contributed by atoms with Gasteiger partial charge in [0.1, 0.15) is 5.75 Å². The Hall–Kier alpha value is -0.840. The number of ether oxygens (including phenoxy) is 1. The Kier molecular flexibility index (Phi) is 3.86. The SMILES string of the molecule is COc1cc(Br)ccc1C(N)c1sccc1C. The Morgan fingerprint density at radius 2 is 2.12 bits per heavy atom. The van der Waals surface area contributed by atoms with E-state index in [1.165, 1.54) is 10.4 Å². The Morgan fingerprint density at radius 3 is 2.71 bits per heavy atom. The zero-order valence-electron chi connectivity index (χ0n) is 9.74. The quantitative estimate of drug-likeness (QED) is 0.933. The van der Waals surface area contributed by atoms with E-state index in [-0.39, 0.29) is 6.04 Å². The predicted octanol–water partition coefficient (Wildman–Crippen LogP) is 3.88. The molecule has 2 aromatic rings. The number of rotatable bonds is 3. The lowest BCUT2D eigenvalue weighted by Crippen LogP contribution is -2.12. The van der Waals surface area contributed by atoms with Gasteiger partial charge in [0.05, 0.1) is 13.2 Å². The molecule has 1 aromatic heterocycles. The fourth-order valence-electron chi connectivity index (χ4n) is 1.79. The molecule has 0 radical (unpaired) electrons. The van der Waals surface area contributed by atoms with Gasteiger partial charge in [-0.25, -0.2) is 0 Å². The van der Waals surface area contributed by atoms with Crippen molar-refractivity contribution in [2.24, 2.45) is 5.73 Å². The summed E-state index contributed by atoms with van der Waals surface area (Å²) in [6, 6.07) is 7.90. The second-order valence-corrected chi connectivity index (χ2v) is 5.70. The predicted molar refractivity (Wildman–Crippen MR) is 75.8 cm³/mol. The van der Waals surface area contributed by atoms with Crippen molar-refractivity contribution in [1.29, 1.82) is 0 Å². The Labute approximate surface area is 114 Å². The van der Waals surface area contributed by atoms with Crippen LogP contribution in [0.2, 0.25) is 0 Å². The highest BCUT2D eigenvalue weighted by Crippen LogP contribution is 2.34. The molecule has 0 spiro atoms. The number of halogens is 1. The minimum absolute atomic E-state index is 0.127. The van der Waals surface area contributed by atoms with Crippen molar-refractivity contribution >= 4 is 27.3 Å². The monoisotopic (exact) mass is 311 g/mol. The second kappa shape index (κ2) is 5.21. The maximum atomic E-state index is 6.30. The molecule has 0 saturated carbocycles. The highest BCUT2D eigenvalue weighted by Gasteiger charge is 2.17. The van der Waals surface area contributed by atoms with Gasteiger partial charge in [-0.2, -0.15) is 0 Å². The minimum atomic E-state index is -0.127. The summed E-state index contributed by atoms with van der Waals surface area (Å²) < 4.78 is 6.37. The molecule has 1 unspecified atom stereocenters. The van der Waals surface area contributed by atoms with Crippen molar-refractivity contribution in [2.75, 3.05) is 7.11 Å². The van der Waals surface area contributed by atoms with E-state index in [1.807, 2.05) is 18.2 Å². The zero-order chi connectivity index (χ0) is 12.4. The standard InChI is InChI=1S/C13H14BrNOS/c1-8-5-6-17-13(8)12(15)10-4-3-9(14)7-11(10)16-2/h3-7,12H,15H2,1-2H3. The van der Waals surface area contributed by atoms with E-state index >= 15 is 0 Å². The molecule has 0 bridgehead atoms. The number of hydrogen-bond donors (Lipinski definition) is 1. The van der Waals surface area contributed by atoms with E-state index in [9.17, 15) is 0 Å². The van der Waals surface area contributed by atoms with Gasteiger partial charge in [0.25, 0.3) is 0 Å². The number of thiophene rings is 1. The number of aryl methyl sites for hydroxylation is 1. The normalized spacial score (nSPS) is 12.5. The average molecular weight is 312 g/mol. The summed E-state index contributed by atoms with van der Waals surface area (Å²) in [4.78, 5) is 1.19. The van der Waals surface area contributed by atoms with Crippen LogP contribution in [0.25, 0.3) is 0 Å². The summed E-state index contributed by atoms with van der Waals surface area (Å²) >= 11 is 5.11. The van der Waals surface area contributed by atoms with Crippen LogP contribution < -0.4 is 10.5 Å². The van der Waals surface area contributed by atoms with Crippen molar-refractivity contribution in [3.63, 3.8) is 0 Å². The number of benzene rings is 1. The lowest BCUT2D eigenvalue weighted by atomic mass is 10.0. The molecule has 1 heterocycles. The third kappa shape index (κ3) is 2.54. The fourth-order valence-corrected chi connectivity index (χ4v) is 3.07. The molecule has 0 amide bonds. The summed E-state index contributed by atoms with van der Waals surface area (Å²) in [5.41, 5.74) is 8.55. The van der Waals surface area contributed by atoms with Crippen LogP contribution in [0.1, 0.15) is 22.0 Å². The minimum Gasteiger partial charge on any atom is -0.496 e. The third-order valence-corrected chi connectivity index (χ3v) is 4.31. The van der Waals surface area contributed by atoms with Crippen LogP contribution >= 0.6 is 27.3 Å². The van der Waals surface area contributed by atoms with Crippen LogP contribution in [0.15, 0.2) is 34.1 Å². The van der Waals surface area contributed by atoms with E-state index in [1.54, 1.807) is 18.4 Å². The lowest BCUT2D eigenvalue weighted by Gasteiger charge is -2.15. The number of hydrogen-bond acceptors (Lipinski definition) is 3. The maximum absolute atomic E-state index is 6.30. The molecule has 2 nitrogen and oxygen atoms in total. The van der Waals surface area contributed by atoms with Crippen molar-refractivity contribution in [3.05, 3.63) is 50.1 Å². The molecule has 4 heteroatoms. The van der Waals surface area contributed by atoms with E-state index in [2.05, 4.69) is 34.3 Å². The summed E-state index contributed by atoms with van der Waals surface area (Å²) in [5, 5.41) is 2.07. The van der Waals surface area contributed by atoms with Gasteiger partial charge in [-0.1, -0.05) is 22.0 Å². The topological polar surface area (TPSA) is 35.2 Å². The van der Waals surface area contributed by atoms with Gasteiger partial charge in [-0.3, -0.25) is 0 Å².